The van der Waals surface area contributed by atoms with Gasteiger partial charge in [0.25, 0.3) is 11.8 Å². The summed E-state index contributed by atoms with van der Waals surface area (Å²) in [5, 5.41) is 0. The van der Waals surface area contributed by atoms with Crippen LogP contribution in [0, 0.1) is 5.82 Å². The zero-order valence-electron chi connectivity index (χ0n) is 18.8. The second-order valence-electron chi connectivity index (χ2n) is 8.16. The highest BCUT2D eigenvalue weighted by molar-refractivity contribution is 6.45. The zero-order chi connectivity index (χ0) is 23.7. The molecule has 2 amide bonds. The molecule has 3 aromatic carbocycles. The summed E-state index contributed by atoms with van der Waals surface area (Å²) in [6.45, 7) is 2.48. The van der Waals surface area contributed by atoms with Gasteiger partial charge in [-0.15, -0.1) is 0 Å². The van der Waals surface area contributed by atoms with Gasteiger partial charge in [-0.25, -0.2) is 9.29 Å². The Bertz CT molecular complexity index is 1250. The van der Waals surface area contributed by atoms with Gasteiger partial charge in [0.15, 0.2) is 0 Å². The second-order valence-corrected chi connectivity index (χ2v) is 8.16. The van der Waals surface area contributed by atoms with E-state index < -0.39 is 11.7 Å². The van der Waals surface area contributed by atoms with Crippen LogP contribution in [-0.4, -0.2) is 50.0 Å². The van der Waals surface area contributed by atoms with Gasteiger partial charge in [0.05, 0.1) is 24.1 Å². The molecule has 0 spiro atoms. The van der Waals surface area contributed by atoms with Crippen molar-refractivity contribution in [2.45, 2.75) is 0 Å². The fraction of sp³-hybridized carbons (Fsp3) is 0.185. The normalized spacial score (nSPS) is 16.5. The van der Waals surface area contributed by atoms with Crippen LogP contribution in [0.5, 0.6) is 5.75 Å². The third kappa shape index (κ3) is 3.79. The lowest BCUT2D eigenvalue weighted by molar-refractivity contribution is -0.120. The fourth-order valence-corrected chi connectivity index (χ4v) is 4.56. The third-order valence-electron chi connectivity index (χ3n) is 6.23. The maximum absolute atomic E-state index is 13.6. The first kappa shape index (κ1) is 21.7. The van der Waals surface area contributed by atoms with Gasteiger partial charge < -0.3 is 14.5 Å². The molecule has 0 saturated carbocycles. The lowest BCUT2D eigenvalue weighted by Gasteiger charge is -2.38. The van der Waals surface area contributed by atoms with E-state index in [-0.39, 0.29) is 5.91 Å². The number of halogens is 1. The molecule has 0 radical (unpaired) electrons. The van der Waals surface area contributed by atoms with E-state index in [1.165, 1.54) is 24.3 Å². The van der Waals surface area contributed by atoms with Gasteiger partial charge in [0, 0.05) is 26.2 Å². The molecule has 3 aromatic rings. The molecule has 2 heterocycles. The Hall–Kier alpha value is -4.13. The predicted molar refractivity (Wildman–Crippen MR) is 129 cm³/mol. The van der Waals surface area contributed by atoms with Crippen LogP contribution in [0.25, 0.3) is 5.57 Å². The van der Waals surface area contributed by atoms with E-state index in [0.29, 0.717) is 48.7 Å². The Morgan fingerprint density at radius 3 is 2.03 bits per heavy atom. The summed E-state index contributed by atoms with van der Waals surface area (Å²) in [6.07, 6.45) is 0. The summed E-state index contributed by atoms with van der Waals surface area (Å²) < 4.78 is 19.0. The van der Waals surface area contributed by atoms with Crippen LogP contribution in [0.4, 0.5) is 15.8 Å². The van der Waals surface area contributed by atoms with Crippen LogP contribution in [0.15, 0.2) is 84.6 Å². The van der Waals surface area contributed by atoms with Gasteiger partial charge in [-0.3, -0.25) is 9.59 Å². The van der Waals surface area contributed by atoms with Crippen molar-refractivity contribution in [3.05, 3.63) is 95.9 Å². The lowest BCUT2D eigenvalue weighted by Crippen LogP contribution is -2.47. The molecule has 0 atom stereocenters. The fourth-order valence-electron chi connectivity index (χ4n) is 4.56. The molecule has 34 heavy (non-hydrogen) atoms. The van der Waals surface area contributed by atoms with Crippen LogP contribution >= 0.6 is 0 Å². The second kappa shape index (κ2) is 9.02. The number of anilines is 2. The standard InChI is InChI=1S/C27H24FN3O3/c1-34-23-10-6-5-9-22(23)29-15-17-30(18-16-29)25-24(19-7-3-2-4-8-19)26(32)31(27(25)33)21-13-11-20(28)12-14-21/h2-14H,15-18H2,1H3. The number of carbonyl (C=O) groups excluding carboxylic acids is 2. The predicted octanol–water partition coefficient (Wildman–Crippen LogP) is 3.94. The quantitative estimate of drug-likeness (QED) is 0.544. The average molecular weight is 458 g/mol. The number of methoxy groups -OCH3 is 1. The van der Waals surface area contributed by atoms with Crippen molar-refractivity contribution >= 4 is 28.8 Å². The first-order valence-electron chi connectivity index (χ1n) is 11.2. The van der Waals surface area contributed by atoms with Gasteiger partial charge in [-0.1, -0.05) is 42.5 Å². The molecule has 0 N–H and O–H groups in total. The monoisotopic (exact) mass is 457 g/mol. The highest BCUT2D eigenvalue weighted by Gasteiger charge is 2.43. The van der Waals surface area contributed by atoms with E-state index >= 15 is 0 Å². The van der Waals surface area contributed by atoms with Crippen LogP contribution in [0.2, 0.25) is 0 Å². The van der Waals surface area contributed by atoms with Crippen LogP contribution in [0.1, 0.15) is 5.56 Å². The molecule has 2 aliphatic heterocycles. The molecular weight excluding hydrogens is 433 g/mol. The van der Waals surface area contributed by atoms with Crippen molar-refractivity contribution in [1.82, 2.24) is 4.90 Å². The van der Waals surface area contributed by atoms with E-state index in [2.05, 4.69) is 4.90 Å². The molecule has 1 saturated heterocycles. The minimum atomic E-state index is -0.424. The number of amides is 2. The van der Waals surface area contributed by atoms with Crippen molar-refractivity contribution in [2.24, 2.45) is 0 Å². The SMILES string of the molecule is COc1ccccc1N1CCN(C2=C(c3ccccc3)C(=O)N(c3ccc(F)cc3)C2=O)CC1. The smallest absolute Gasteiger partial charge is 0.282 e. The van der Waals surface area contributed by atoms with E-state index in [9.17, 15) is 14.0 Å². The average Bonchev–Trinajstić information content (AvgIpc) is 3.15. The topological polar surface area (TPSA) is 53.1 Å². The summed E-state index contributed by atoms with van der Waals surface area (Å²) in [5.74, 6) is -0.410. The molecule has 0 bridgehead atoms. The minimum absolute atomic E-state index is 0.354. The molecule has 0 aromatic heterocycles. The molecule has 172 valence electrons. The van der Waals surface area contributed by atoms with Gasteiger partial charge >= 0.3 is 0 Å². The Morgan fingerprint density at radius 2 is 1.35 bits per heavy atom. The summed E-state index contributed by atoms with van der Waals surface area (Å²) in [5.41, 5.74) is 2.81. The van der Waals surface area contributed by atoms with E-state index in [0.717, 1.165) is 16.3 Å². The minimum Gasteiger partial charge on any atom is -0.495 e. The number of para-hydroxylation sites is 2. The molecule has 0 aliphatic carbocycles. The number of benzene rings is 3. The highest BCUT2D eigenvalue weighted by Crippen LogP contribution is 2.36. The molecule has 7 heteroatoms. The number of hydrogen-bond donors (Lipinski definition) is 0. The number of piperazine rings is 1. The van der Waals surface area contributed by atoms with E-state index in [4.69, 9.17) is 4.74 Å². The number of imide groups is 1. The van der Waals surface area contributed by atoms with Crippen molar-refractivity contribution < 1.29 is 18.7 Å². The molecule has 2 aliphatic rings. The maximum Gasteiger partial charge on any atom is 0.282 e. The molecule has 5 rings (SSSR count). The summed E-state index contributed by atoms with van der Waals surface area (Å²) in [4.78, 5) is 32.5. The van der Waals surface area contributed by atoms with Crippen LogP contribution in [-0.2, 0) is 9.59 Å². The zero-order valence-corrected chi connectivity index (χ0v) is 18.8. The van der Waals surface area contributed by atoms with Gasteiger partial charge in [0.2, 0.25) is 0 Å². The van der Waals surface area contributed by atoms with E-state index in [1.54, 1.807) is 7.11 Å². The van der Waals surface area contributed by atoms with Gasteiger partial charge in [-0.2, -0.15) is 0 Å². The van der Waals surface area contributed by atoms with Crippen molar-refractivity contribution in [1.29, 1.82) is 0 Å². The van der Waals surface area contributed by atoms with E-state index in [1.807, 2.05) is 59.5 Å². The first-order valence-corrected chi connectivity index (χ1v) is 11.2. The van der Waals surface area contributed by atoms with Crippen molar-refractivity contribution in [3.63, 3.8) is 0 Å². The molecule has 1 fully saturated rings. The van der Waals surface area contributed by atoms with Gasteiger partial charge in [-0.05, 0) is 42.0 Å². The number of rotatable bonds is 5. The summed E-state index contributed by atoms with van der Waals surface area (Å²) in [7, 11) is 1.65. The van der Waals surface area contributed by atoms with Crippen LogP contribution in [0.3, 0.4) is 0 Å². The Morgan fingerprint density at radius 1 is 0.735 bits per heavy atom. The van der Waals surface area contributed by atoms with Gasteiger partial charge in [0.1, 0.15) is 17.3 Å². The first-order chi connectivity index (χ1) is 16.6. The largest absolute Gasteiger partial charge is 0.495 e. The Kier molecular flexibility index (Phi) is 5.76. The molecule has 0 unspecified atom stereocenters. The maximum atomic E-state index is 13.6. The Balaban J connectivity index is 1.47. The number of ether oxygens (including phenoxy) is 1. The summed E-state index contributed by atoms with van der Waals surface area (Å²) in [6, 6.07) is 22.5. The molecular formula is C27H24FN3O3. The third-order valence-corrected chi connectivity index (χ3v) is 6.23. The van der Waals surface area contributed by atoms with Crippen LogP contribution < -0.4 is 14.5 Å². The molecule has 6 nitrogen and oxygen atoms in total. The number of carbonyl (C=O) groups is 2. The number of hydrogen-bond acceptors (Lipinski definition) is 5. The van der Waals surface area contributed by atoms with Crippen molar-refractivity contribution in [2.75, 3.05) is 43.1 Å². The highest BCUT2D eigenvalue weighted by atomic mass is 19.1. The van der Waals surface area contributed by atoms with Crippen molar-refractivity contribution in [3.8, 4) is 5.75 Å². The summed E-state index contributed by atoms with van der Waals surface area (Å²) >= 11 is 0. The Labute approximate surface area is 197 Å². The number of nitrogens with zero attached hydrogens (tertiary/aromatic N) is 3. The lowest BCUT2D eigenvalue weighted by atomic mass is 10.0.